The van der Waals surface area contributed by atoms with Crippen molar-refractivity contribution in [3.05, 3.63) is 126 Å². The molecular formula is C47H49ClF3N7O4S2. The number of benzene rings is 4. The van der Waals surface area contributed by atoms with E-state index in [0.29, 0.717) is 46.6 Å². The highest BCUT2D eigenvalue weighted by Gasteiger charge is 2.31. The van der Waals surface area contributed by atoms with Crippen LogP contribution in [0, 0.1) is 0 Å². The van der Waals surface area contributed by atoms with Crippen LogP contribution in [0.25, 0.3) is 22.2 Å². The monoisotopic (exact) mass is 931 g/mol. The molecule has 0 bridgehead atoms. The van der Waals surface area contributed by atoms with Gasteiger partial charge in [0.2, 0.25) is 0 Å². The number of anilines is 2. The van der Waals surface area contributed by atoms with Gasteiger partial charge in [-0.2, -0.15) is 13.2 Å². The van der Waals surface area contributed by atoms with Crippen molar-refractivity contribution in [2.75, 3.05) is 56.5 Å². The predicted molar refractivity (Wildman–Crippen MR) is 251 cm³/mol. The molecule has 11 nitrogen and oxygen atoms in total. The fraction of sp³-hybridized carbons (Fsp3) is 0.298. The molecule has 3 heterocycles. The zero-order chi connectivity index (χ0) is 45.4. The summed E-state index contributed by atoms with van der Waals surface area (Å²) >= 11 is 6.82. The van der Waals surface area contributed by atoms with Gasteiger partial charge in [-0.3, -0.25) is 14.4 Å². The summed E-state index contributed by atoms with van der Waals surface area (Å²) in [7, 11) is 1.61. The van der Waals surface area contributed by atoms with Crippen LogP contribution < -0.4 is 19.7 Å². The number of hydrogen-bond acceptors (Lipinski definition) is 10. The Balaban J connectivity index is 1.03. The zero-order valence-electron chi connectivity index (χ0n) is 35.8. The number of hydrogen-bond donors (Lipinski definition) is 3. The van der Waals surface area contributed by atoms with E-state index in [1.807, 2.05) is 54.6 Å². The second kappa shape index (κ2) is 20.5. The van der Waals surface area contributed by atoms with E-state index >= 15 is 0 Å². The average molecular weight is 933 g/mol. The summed E-state index contributed by atoms with van der Waals surface area (Å²) in [5.74, 6) is 0.244. The van der Waals surface area contributed by atoms with Gasteiger partial charge in [-0.15, -0.1) is 0 Å². The Kier molecular flexibility index (Phi) is 14.9. The van der Waals surface area contributed by atoms with Gasteiger partial charge < -0.3 is 29.6 Å². The van der Waals surface area contributed by atoms with Gasteiger partial charge in [-0.25, -0.2) is 9.78 Å². The lowest BCUT2D eigenvalue weighted by Gasteiger charge is -2.36. The van der Waals surface area contributed by atoms with E-state index < -0.39 is 23.1 Å². The molecule has 0 radical (unpaired) electrons. The number of aromatic nitrogens is 2. The van der Waals surface area contributed by atoms with Crippen LogP contribution in [0.2, 0.25) is 5.02 Å². The van der Waals surface area contributed by atoms with Crippen molar-refractivity contribution in [3.8, 4) is 22.6 Å². The van der Waals surface area contributed by atoms with Crippen LogP contribution in [0.5, 0.6) is 11.5 Å². The molecule has 1 aliphatic heterocycles. The maximum atomic E-state index is 13.9. The minimum Gasteiger partial charge on any atom is -0.455 e. The summed E-state index contributed by atoms with van der Waals surface area (Å²) in [4.78, 5) is 40.2. The molecule has 2 aromatic heterocycles. The van der Waals surface area contributed by atoms with Crippen LogP contribution in [-0.4, -0.2) is 89.2 Å². The summed E-state index contributed by atoms with van der Waals surface area (Å²) in [6, 6.07) is 30.0. The number of nitrogens with one attached hydrogen (secondary N) is 3. The number of fused-ring (bicyclic) bond motifs is 1. The van der Waals surface area contributed by atoms with E-state index in [9.17, 15) is 22.8 Å². The standard InChI is InChI=1S/C47H49ClF3N7O4S2/c1-46(2,3)62-45(60)56(4)21-7-19-52-40-17-15-37(28-42(40)63-47(49,50)51)64-55-44(59)39-16-14-35(27-41(39)61-36-26-32-18-20-53-43(32)54-29-36)58-24-22-57(23-25-58)30-33-8-5-6-9-38(33)31-10-12-34(48)13-11-31/h5-6,8-18,20,26-29,52H,7,19,21-25,30H2,1-4H3,(H,53,54)(H,55,59). The van der Waals surface area contributed by atoms with Gasteiger partial charge in [0.15, 0.2) is 0 Å². The summed E-state index contributed by atoms with van der Waals surface area (Å²) in [5, 5.41) is 4.60. The van der Waals surface area contributed by atoms with E-state index in [-0.39, 0.29) is 27.9 Å². The molecule has 0 saturated carbocycles. The fourth-order valence-corrected chi connectivity index (χ4v) is 8.63. The minimum atomic E-state index is -4.55. The number of thioether (sulfide) groups is 1. The highest BCUT2D eigenvalue weighted by atomic mass is 35.5. The molecule has 1 fully saturated rings. The van der Waals surface area contributed by atoms with Crippen molar-refractivity contribution in [2.24, 2.45) is 0 Å². The summed E-state index contributed by atoms with van der Waals surface area (Å²) in [6.07, 6.45) is 3.35. The van der Waals surface area contributed by atoms with E-state index in [2.05, 4.69) is 48.0 Å². The third kappa shape index (κ3) is 12.8. The van der Waals surface area contributed by atoms with Gasteiger partial charge >= 0.3 is 11.6 Å². The van der Waals surface area contributed by atoms with Crippen LogP contribution in [-0.2, 0) is 11.3 Å². The normalized spacial score (nSPS) is 13.5. The third-order valence-electron chi connectivity index (χ3n) is 10.2. The number of pyridine rings is 1. The fourth-order valence-electron chi connectivity index (χ4n) is 7.11. The van der Waals surface area contributed by atoms with Gasteiger partial charge in [-0.05, 0) is 122 Å². The number of amides is 2. The van der Waals surface area contributed by atoms with Crippen molar-refractivity contribution in [1.29, 1.82) is 0 Å². The Morgan fingerprint density at radius 3 is 2.45 bits per heavy atom. The van der Waals surface area contributed by atoms with Crippen molar-refractivity contribution >= 4 is 69.7 Å². The first-order valence-corrected chi connectivity index (χ1v) is 22.7. The summed E-state index contributed by atoms with van der Waals surface area (Å²) in [5.41, 5.74) is 0.412. The van der Waals surface area contributed by atoms with Crippen molar-refractivity contribution in [3.63, 3.8) is 0 Å². The molecule has 0 aliphatic carbocycles. The maximum Gasteiger partial charge on any atom is 0.446 e. The van der Waals surface area contributed by atoms with Gasteiger partial charge in [0.25, 0.3) is 5.91 Å². The lowest BCUT2D eigenvalue weighted by Crippen LogP contribution is -2.46. The third-order valence-corrected chi connectivity index (χ3v) is 12.1. The second-order valence-corrected chi connectivity index (χ2v) is 18.6. The zero-order valence-corrected chi connectivity index (χ0v) is 38.2. The number of aromatic amines is 1. The van der Waals surface area contributed by atoms with E-state index in [1.165, 1.54) is 22.1 Å². The lowest BCUT2D eigenvalue weighted by molar-refractivity contribution is -0.0328. The van der Waals surface area contributed by atoms with E-state index in [1.54, 1.807) is 58.4 Å². The number of nitrogens with zero attached hydrogens (tertiary/aromatic N) is 4. The molecule has 6 aromatic rings. The molecule has 4 aromatic carbocycles. The molecule has 0 unspecified atom stereocenters. The number of ether oxygens (including phenoxy) is 2. The highest BCUT2D eigenvalue weighted by Crippen LogP contribution is 2.42. The van der Waals surface area contributed by atoms with E-state index in [4.69, 9.17) is 21.1 Å². The van der Waals surface area contributed by atoms with Gasteiger partial charge in [0.1, 0.15) is 22.7 Å². The van der Waals surface area contributed by atoms with Crippen molar-refractivity contribution < 1.29 is 32.2 Å². The molecule has 7 rings (SSSR count). The summed E-state index contributed by atoms with van der Waals surface area (Å²) < 4.78 is 55.7. The smallest absolute Gasteiger partial charge is 0.446 e. The maximum absolute atomic E-state index is 13.9. The number of halogens is 4. The van der Waals surface area contributed by atoms with Crippen LogP contribution in [0.1, 0.15) is 43.1 Å². The number of alkyl halides is 3. The molecule has 336 valence electrons. The van der Waals surface area contributed by atoms with Gasteiger partial charge in [0, 0.05) is 96.7 Å². The molecule has 3 N–H and O–H groups in total. The molecule has 0 spiro atoms. The highest BCUT2D eigenvalue weighted by molar-refractivity contribution is 8.00. The molecule has 64 heavy (non-hydrogen) atoms. The molecule has 1 saturated heterocycles. The molecular weight excluding hydrogens is 883 g/mol. The van der Waals surface area contributed by atoms with Crippen molar-refractivity contribution in [1.82, 2.24) is 24.5 Å². The molecule has 2 amide bonds. The molecule has 17 heteroatoms. The number of carbonyl (C=O) groups is 2. The van der Waals surface area contributed by atoms with Gasteiger partial charge in [-0.1, -0.05) is 48.0 Å². The largest absolute Gasteiger partial charge is 0.455 e. The summed E-state index contributed by atoms with van der Waals surface area (Å²) in [6.45, 7) is 9.87. The number of rotatable bonds is 15. The average Bonchev–Trinajstić information content (AvgIpc) is 3.73. The van der Waals surface area contributed by atoms with Gasteiger partial charge in [0.05, 0.1) is 11.8 Å². The van der Waals surface area contributed by atoms with Crippen LogP contribution in [0.4, 0.5) is 29.3 Å². The van der Waals surface area contributed by atoms with Crippen LogP contribution >= 0.6 is 35.3 Å². The number of H-pyrrole nitrogens is 1. The number of carbonyl (C=O) groups excluding carboxylic acids is 2. The SMILES string of the molecule is CN(CCCNc1ccc(SNC(=O)c2ccc(N3CCN(Cc4ccccc4-c4ccc(Cl)cc4)CC3)cc2Oc2cnc3[nH]ccc3c2)cc1SC(F)(F)F)C(=O)OC(C)(C)C. The predicted octanol–water partition coefficient (Wildman–Crippen LogP) is 11.7. The Labute approximate surface area is 384 Å². The molecule has 1 aliphatic rings. The van der Waals surface area contributed by atoms with E-state index in [0.717, 1.165) is 61.3 Å². The van der Waals surface area contributed by atoms with Crippen LogP contribution in [0.3, 0.4) is 0 Å². The first-order valence-electron chi connectivity index (χ1n) is 20.7. The Hall–Kier alpha value is -5.55. The van der Waals surface area contributed by atoms with Crippen molar-refractivity contribution in [2.45, 2.75) is 54.6 Å². The Morgan fingerprint density at radius 2 is 1.70 bits per heavy atom. The quantitative estimate of drug-likeness (QED) is 0.0522. The second-order valence-electron chi connectivity index (χ2n) is 16.2. The first-order chi connectivity index (χ1) is 30.6. The lowest BCUT2D eigenvalue weighted by atomic mass is 9.99. The first kappa shape index (κ1) is 46.4. The minimum absolute atomic E-state index is 0.0564. The number of piperazine rings is 1. The Bertz CT molecular complexity index is 2560. The molecule has 0 atom stereocenters. The van der Waals surface area contributed by atoms with Crippen LogP contribution in [0.15, 0.2) is 119 Å². The topological polar surface area (TPSA) is 115 Å². The Morgan fingerprint density at radius 1 is 0.938 bits per heavy atom.